The fourth-order valence-corrected chi connectivity index (χ4v) is 2.23. The lowest BCUT2D eigenvalue weighted by molar-refractivity contribution is -0.166. The van der Waals surface area contributed by atoms with Crippen molar-refractivity contribution >= 4 is 16.9 Å². The third kappa shape index (κ3) is 1.31. The van der Waals surface area contributed by atoms with Crippen LogP contribution in [-0.4, -0.2) is 26.3 Å². The number of carbonyl (C=O) groups excluding carboxylic acids is 1. The van der Waals surface area contributed by atoms with Crippen molar-refractivity contribution in [1.29, 1.82) is 0 Å². The van der Waals surface area contributed by atoms with Crippen LogP contribution < -0.4 is 0 Å². The first kappa shape index (κ1) is 10.4. The summed E-state index contributed by atoms with van der Waals surface area (Å²) < 4.78 is 15.5. The summed E-state index contributed by atoms with van der Waals surface area (Å²) in [6, 6.07) is 7.64. The second kappa shape index (κ2) is 3.60. The lowest BCUT2D eigenvalue weighted by Gasteiger charge is -2.37. The van der Waals surface area contributed by atoms with Gasteiger partial charge in [-0.1, -0.05) is 18.2 Å². The fraction of sp³-hybridized carbons (Fsp3) is 0.308. The summed E-state index contributed by atoms with van der Waals surface area (Å²) in [6.07, 6.45) is 1.63. The Hall–Kier alpha value is -1.81. The molecular weight excluding hydrogens is 220 g/mol. The third-order valence-corrected chi connectivity index (χ3v) is 3.27. The third-order valence-electron chi connectivity index (χ3n) is 3.27. The molecule has 1 aliphatic rings. The van der Waals surface area contributed by atoms with Gasteiger partial charge in [-0.05, 0) is 6.07 Å². The van der Waals surface area contributed by atoms with E-state index in [0.29, 0.717) is 13.2 Å². The molecule has 0 radical (unpaired) electrons. The van der Waals surface area contributed by atoms with Crippen molar-refractivity contribution in [1.82, 2.24) is 0 Å². The molecule has 1 aromatic carbocycles. The van der Waals surface area contributed by atoms with E-state index in [0.717, 1.165) is 16.5 Å². The first-order valence-electron chi connectivity index (χ1n) is 5.41. The van der Waals surface area contributed by atoms with Crippen LogP contribution in [0, 0.1) is 0 Å². The van der Waals surface area contributed by atoms with Crippen LogP contribution in [0.4, 0.5) is 0 Å². The molecule has 2 heterocycles. The van der Waals surface area contributed by atoms with Gasteiger partial charge in [-0.3, -0.25) is 4.79 Å². The first-order valence-corrected chi connectivity index (χ1v) is 5.41. The lowest BCUT2D eigenvalue weighted by atomic mass is 9.78. The molecule has 0 atom stereocenters. The molecule has 0 bridgehead atoms. The Labute approximate surface area is 98.1 Å². The number of para-hydroxylation sites is 1. The van der Waals surface area contributed by atoms with Gasteiger partial charge in [-0.15, -0.1) is 0 Å². The number of benzene rings is 1. The predicted molar refractivity (Wildman–Crippen MR) is 60.7 cm³/mol. The fourth-order valence-electron chi connectivity index (χ4n) is 2.23. The van der Waals surface area contributed by atoms with Gasteiger partial charge in [0.05, 0.1) is 26.6 Å². The molecule has 4 heteroatoms. The number of methoxy groups -OCH3 is 1. The molecule has 0 N–H and O–H groups in total. The van der Waals surface area contributed by atoms with Crippen molar-refractivity contribution in [2.45, 2.75) is 5.41 Å². The molecule has 1 saturated heterocycles. The van der Waals surface area contributed by atoms with Gasteiger partial charge >= 0.3 is 5.97 Å². The maximum absolute atomic E-state index is 11.9. The van der Waals surface area contributed by atoms with Crippen molar-refractivity contribution in [3.8, 4) is 0 Å². The Morgan fingerprint density at radius 3 is 2.76 bits per heavy atom. The number of hydrogen-bond donors (Lipinski definition) is 0. The molecule has 0 aliphatic carbocycles. The molecule has 88 valence electrons. The molecule has 0 spiro atoms. The van der Waals surface area contributed by atoms with Crippen LogP contribution in [0.15, 0.2) is 34.9 Å². The van der Waals surface area contributed by atoms with Crippen LogP contribution in [0.3, 0.4) is 0 Å². The molecule has 1 fully saturated rings. The molecule has 0 amide bonds. The van der Waals surface area contributed by atoms with E-state index in [1.165, 1.54) is 7.11 Å². The van der Waals surface area contributed by atoms with Crippen molar-refractivity contribution in [3.05, 3.63) is 36.1 Å². The van der Waals surface area contributed by atoms with E-state index in [1.807, 2.05) is 24.3 Å². The number of carbonyl (C=O) groups is 1. The summed E-state index contributed by atoms with van der Waals surface area (Å²) in [5.41, 5.74) is 0.935. The normalized spacial score (nSPS) is 17.7. The number of rotatable bonds is 2. The lowest BCUT2D eigenvalue weighted by Crippen LogP contribution is -2.53. The molecule has 1 aromatic heterocycles. The van der Waals surface area contributed by atoms with Gasteiger partial charge in [-0.2, -0.15) is 0 Å². The highest BCUT2D eigenvalue weighted by atomic mass is 16.5. The van der Waals surface area contributed by atoms with Gasteiger partial charge < -0.3 is 13.9 Å². The Balaban J connectivity index is 2.17. The Morgan fingerprint density at radius 2 is 2.12 bits per heavy atom. The van der Waals surface area contributed by atoms with Crippen LogP contribution in [0.5, 0.6) is 0 Å². The second-order valence-corrected chi connectivity index (χ2v) is 4.21. The number of furan rings is 1. The maximum Gasteiger partial charge on any atom is 0.321 e. The SMILES string of the molecule is COC(=O)C1(c2coc3ccccc23)COC1. The van der Waals surface area contributed by atoms with Crippen LogP contribution in [0.25, 0.3) is 11.0 Å². The van der Waals surface area contributed by atoms with E-state index in [1.54, 1.807) is 6.26 Å². The zero-order valence-electron chi connectivity index (χ0n) is 9.43. The molecule has 3 rings (SSSR count). The van der Waals surface area contributed by atoms with Gasteiger partial charge in [0.15, 0.2) is 0 Å². The minimum atomic E-state index is -0.693. The highest BCUT2D eigenvalue weighted by molar-refractivity contribution is 5.92. The molecule has 17 heavy (non-hydrogen) atoms. The first-order chi connectivity index (χ1) is 8.28. The Kier molecular flexibility index (Phi) is 2.19. The van der Waals surface area contributed by atoms with Gasteiger partial charge in [0.2, 0.25) is 0 Å². The summed E-state index contributed by atoms with van der Waals surface area (Å²) in [6.45, 7) is 0.701. The van der Waals surface area contributed by atoms with Gasteiger partial charge in [0.1, 0.15) is 11.0 Å². The molecular formula is C13H12O4. The molecule has 4 nitrogen and oxygen atoms in total. The van der Waals surface area contributed by atoms with E-state index in [-0.39, 0.29) is 5.97 Å². The number of hydrogen-bond acceptors (Lipinski definition) is 4. The van der Waals surface area contributed by atoms with Crippen molar-refractivity contribution in [3.63, 3.8) is 0 Å². The van der Waals surface area contributed by atoms with Crippen LogP contribution in [-0.2, 0) is 19.7 Å². The van der Waals surface area contributed by atoms with Crippen LogP contribution in [0.2, 0.25) is 0 Å². The quantitative estimate of drug-likeness (QED) is 0.742. The summed E-state index contributed by atoms with van der Waals surface area (Å²) in [5.74, 6) is -0.268. The van der Waals surface area contributed by atoms with E-state index >= 15 is 0 Å². The van der Waals surface area contributed by atoms with Crippen molar-refractivity contribution in [2.24, 2.45) is 0 Å². The standard InChI is InChI=1S/C13H12O4/c1-15-12(14)13(7-16-8-13)10-6-17-11-5-3-2-4-9(10)11/h2-6H,7-8H2,1H3. The zero-order chi connectivity index (χ0) is 11.9. The zero-order valence-corrected chi connectivity index (χ0v) is 9.43. The van der Waals surface area contributed by atoms with E-state index in [2.05, 4.69) is 0 Å². The van der Waals surface area contributed by atoms with E-state index < -0.39 is 5.41 Å². The summed E-state index contributed by atoms with van der Waals surface area (Å²) in [7, 11) is 1.39. The summed E-state index contributed by atoms with van der Waals surface area (Å²) in [4.78, 5) is 11.9. The monoisotopic (exact) mass is 232 g/mol. The summed E-state index contributed by atoms with van der Waals surface area (Å²) >= 11 is 0. The van der Waals surface area contributed by atoms with E-state index in [4.69, 9.17) is 13.9 Å². The van der Waals surface area contributed by atoms with Crippen molar-refractivity contribution < 1.29 is 18.7 Å². The van der Waals surface area contributed by atoms with Crippen LogP contribution >= 0.6 is 0 Å². The second-order valence-electron chi connectivity index (χ2n) is 4.21. The average molecular weight is 232 g/mol. The molecule has 2 aromatic rings. The summed E-state index contributed by atoms with van der Waals surface area (Å²) in [5, 5.41) is 0.946. The van der Waals surface area contributed by atoms with Crippen LogP contribution in [0.1, 0.15) is 5.56 Å². The molecule has 1 aliphatic heterocycles. The molecule has 0 unspecified atom stereocenters. The van der Waals surface area contributed by atoms with Gasteiger partial charge in [0.25, 0.3) is 0 Å². The maximum atomic E-state index is 11.9. The highest BCUT2D eigenvalue weighted by Gasteiger charge is 2.50. The van der Waals surface area contributed by atoms with Crippen molar-refractivity contribution in [2.75, 3.05) is 20.3 Å². The Morgan fingerprint density at radius 1 is 1.35 bits per heavy atom. The number of esters is 1. The highest BCUT2D eigenvalue weighted by Crippen LogP contribution is 2.38. The Bertz CT molecular complexity index is 566. The largest absolute Gasteiger partial charge is 0.468 e. The molecule has 0 saturated carbocycles. The smallest absolute Gasteiger partial charge is 0.321 e. The average Bonchev–Trinajstić information content (AvgIpc) is 2.72. The number of fused-ring (bicyclic) bond motifs is 1. The number of ether oxygens (including phenoxy) is 2. The predicted octanol–water partition coefficient (Wildman–Crippen LogP) is 1.87. The minimum Gasteiger partial charge on any atom is -0.468 e. The topological polar surface area (TPSA) is 48.7 Å². The van der Waals surface area contributed by atoms with E-state index in [9.17, 15) is 4.79 Å². The van der Waals surface area contributed by atoms with Gasteiger partial charge in [0, 0.05) is 10.9 Å². The van der Waals surface area contributed by atoms with Gasteiger partial charge in [-0.25, -0.2) is 0 Å². The minimum absolute atomic E-state index is 0.268.